The Balaban J connectivity index is 2.01. The Bertz CT molecular complexity index is 562. The lowest BCUT2D eigenvalue weighted by molar-refractivity contribution is -0.123. The largest absolute Gasteiger partial charge is 0.504 e. The summed E-state index contributed by atoms with van der Waals surface area (Å²) in [6, 6.07) is 5.10. The summed E-state index contributed by atoms with van der Waals surface area (Å²) in [5, 5.41) is 13.1. The number of phenolic OH excluding ortho intramolecular Hbond substituents is 1. The number of methoxy groups -OCH3 is 1. The smallest absolute Gasteiger partial charge is 0.224 e. The molecule has 0 heterocycles. The van der Waals surface area contributed by atoms with Gasteiger partial charge in [-0.1, -0.05) is 39.2 Å². The van der Waals surface area contributed by atoms with Crippen LogP contribution in [0.3, 0.4) is 0 Å². The standard InChI is InChI=1S/C21H33NO3/c1-4-6-11-21(12-9-16(5-2)10-13-21)22-20(24)15-17-7-8-18(23)19(14-17)25-3/h7-8,14,16,23H,4-6,9-13,15H2,1-3H3,(H,22,24). The van der Waals surface area contributed by atoms with Crippen molar-refractivity contribution in [3.8, 4) is 11.5 Å². The maximum absolute atomic E-state index is 12.7. The van der Waals surface area contributed by atoms with Gasteiger partial charge in [0.1, 0.15) is 0 Å². The van der Waals surface area contributed by atoms with Crippen LogP contribution >= 0.6 is 0 Å². The van der Waals surface area contributed by atoms with Crippen molar-refractivity contribution in [1.82, 2.24) is 5.32 Å². The summed E-state index contributed by atoms with van der Waals surface area (Å²) in [4.78, 5) is 12.7. The molecule has 4 nitrogen and oxygen atoms in total. The minimum Gasteiger partial charge on any atom is -0.504 e. The molecule has 0 spiro atoms. The Kier molecular flexibility index (Phi) is 7.15. The van der Waals surface area contributed by atoms with E-state index in [1.807, 2.05) is 0 Å². The van der Waals surface area contributed by atoms with E-state index in [9.17, 15) is 9.90 Å². The van der Waals surface area contributed by atoms with E-state index in [2.05, 4.69) is 19.2 Å². The number of carbonyl (C=O) groups excluding carboxylic acids is 1. The van der Waals surface area contributed by atoms with Crippen molar-refractivity contribution in [3.63, 3.8) is 0 Å². The van der Waals surface area contributed by atoms with Crippen LogP contribution in [0.25, 0.3) is 0 Å². The van der Waals surface area contributed by atoms with Gasteiger partial charge < -0.3 is 15.2 Å². The van der Waals surface area contributed by atoms with Crippen LogP contribution in [0.15, 0.2) is 18.2 Å². The van der Waals surface area contributed by atoms with E-state index in [4.69, 9.17) is 4.74 Å². The summed E-state index contributed by atoms with van der Waals surface area (Å²) in [6.45, 7) is 4.47. The van der Waals surface area contributed by atoms with Gasteiger partial charge in [-0.05, 0) is 55.7 Å². The third kappa shape index (κ3) is 5.38. The van der Waals surface area contributed by atoms with Crippen LogP contribution in [0.1, 0.15) is 70.8 Å². The maximum Gasteiger partial charge on any atom is 0.224 e. The monoisotopic (exact) mass is 347 g/mol. The number of rotatable bonds is 8. The SMILES string of the molecule is CCCCC1(NC(=O)Cc2ccc(O)c(OC)c2)CCC(CC)CC1. The number of unbranched alkanes of at least 4 members (excludes halogenated alkanes) is 1. The first-order chi connectivity index (χ1) is 12.0. The average Bonchev–Trinajstić information content (AvgIpc) is 2.62. The van der Waals surface area contributed by atoms with E-state index in [1.54, 1.807) is 18.2 Å². The second-order valence-corrected chi connectivity index (χ2v) is 7.47. The number of hydrogen-bond acceptors (Lipinski definition) is 3. The zero-order valence-corrected chi connectivity index (χ0v) is 15.9. The molecule has 0 unspecified atom stereocenters. The highest BCUT2D eigenvalue weighted by Crippen LogP contribution is 2.37. The van der Waals surface area contributed by atoms with Gasteiger partial charge in [-0.25, -0.2) is 0 Å². The van der Waals surface area contributed by atoms with Crippen LogP contribution in [0.2, 0.25) is 0 Å². The summed E-state index contributed by atoms with van der Waals surface area (Å²) in [7, 11) is 1.52. The van der Waals surface area contributed by atoms with Crippen LogP contribution in [0.4, 0.5) is 0 Å². The zero-order valence-electron chi connectivity index (χ0n) is 15.9. The Morgan fingerprint density at radius 2 is 2.04 bits per heavy atom. The molecule has 0 bridgehead atoms. The van der Waals surface area contributed by atoms with E-state index in [1.165, 1.54) is 26.4 Å². The molecule has 0 aliphatic heterocycles. The van der Waals surface area contributed by atoms with Gasteiger partial charge in [-0.2, -0.15) is 0 Å². The third-order valence-electron chi connectivity index (χ3n) is 5.66. The molecule has 1 saturated carbocycles. The number of hydrogen-bond donors (Lipinski definition) is 2. The predicted molar refractivity (Wildman–Crippen MR) is 101 cm³/mol. The second-order valence-electron chi connectivity index (χ2n) is 7.47. The Hall–Kier alpha value is -1.71. The molecule has 0 saturated heterocycles. The quantitative estimate of drug-likeness (QED) is 0.723. The molecule has 1 aromatic rings. The lowest BCUT2D eigenvalue weighted by Crippen LogP contribution is -2.51. The van der Waals surface area contributed by atoms with Gasteiger partial charge >= 0.3 is 0 Å². The molecule has 1 aromatic carbocycles. The Labute approximate surface area is 152 Å². The summed E-state index contributed by atoms with van der Waals surface area (Å²) < 4.78 is 5.13. The number of ether oxygens (including phenoxy) is 1. The molecule has 2 rings (SSSR count). The minimum absolute atomic E-state index is 0.0280. The summed E-state index contributed by atoms with van der Waals surface area (Å²) in [5.74, 6) is 1.39. The molecule has 25 heavy (non-hydrogen) atoms. The number of phenols is 1. The van der Waals surface area contributed by atoms with Gasteiger partial charge in [-0.15, -0.1) is 0 Å². The van der Waals surface area contributed by atoms with Crippen LogP contribution in [-0.2, 0) is 11.2 Å². The van der Waals surface area contributed by atoms with E-state index in [0.29, 0.717) is 12.2 Å². The van der Waals surface area contributed by atoms with Crippen LogP contribution in [0, 0.1) is 5.92 Å². The normalized spacial score (nSPS) is 23.2. The number of benzene rings is 1. The van der Waals surface area contributed by atoms with Gasteiger partial charge in [0, 0.05) is 5.54 Å². The topological polar surface area (TPSA) is 58.6 Å². The molecule has 0 aromatic heterocycles. The molecule has 2 N–H and O–H groups in total. The van der Waals surface area contributed by atoms with E-state index >= 15 is 0 Å². The number of carbonyl (C=O) groups is 1. The molecule has 1 aliphatic carbocycles. The zero-order chi connectivity index (χ0) is 18.3. The molecular weight excluding hydrogens is 314 g/mol. The van der Waals surface area contributed by atoms with Gasteiger partial charge in [0.05, 0.1) is 13.5 Å². The first-order valence-corrected chi connectivity index (χ1v) is 9.68. The minimum atomic E-state index is -0.0280. The lowest BCUT2D eigenvalue weighted by atomic mass is 9.73. The molecule has 0 atom stereocenters. The summed E-state index contributed by atoms with van der Waals surface area (Å²) >= 11 is 0. The first-order valence-electron chi connectivity index (χ1n) is 9.68. The molecule has 1 aliphatic rings. The van der Waals surface area contributed by atoms with Crippen molar-refractivity contribution in [2.75, 3.05) is 7.11 Å². The fourth-order valence-corrected chi connectivity index (χ4v) is 3.95. The first kappa shape index (κ1) is 19.6. The van der Waals surface area contributed by atoms with Crippen molar-refractivity contribution < 1.29 is 14.6 Å². The van der Waals surface area contributed by atoms with Crippen molar-refractivity contribution in [2.24, 2.45) is 5.92 Å². The van der Waals surface area contributed by atoms with Crippen molar-refractivity contribution in [2.45, 2.75) is 77.2 Å². The van der Waals surface area contributed by atoms with Crippen molar-refractivity contribution >= 4 is 5.91 Å². The van der Waals surface area contributed by atoms with Crippen LogP contribution < -0.4 is 10.1 Å². The van der Waals surface area contributed by atoms with Gasteiger partial charge in [0.2, 0.25) is 5.91 Å². The average molecular weight is 347 g/mol. The predicted octanol–water partition coefficient (Wildman–Crippen LogP) is 4.59. The van der Waals surface area contributed by atoms with Gasteiger partial charge in [-0.3, -0.25) is 4.79 Å². The van der Waals surface area contributed by atoms with E-state index < -0.39 is 0 Å². The highest BCUT2D eigenvalue weighted by molar-refractivity contribution is 5.79. The molecule has 1 amide bonds. The fraction of sp³-hybridized carbons (Fsp3) is 0.667. The van der Waals surface area contributed by atoms with Crippen molar-refractivity contribution in [3.05, 3.63) is 23.8 Å². The summed E-state index contributed by atoms with van der Waals surface area (Å²) in [6.07, 6.45) is 9.57. The number of aromatic hydroxyl groups is 1. The molecule has 4 heteroatoms. The van der Waals surface area contributed by atoms with Gasteiger partial charge in [0.15, 0.2) is 11.5 Å². The molecule has 140 valence electrons. The highest BCUT2D eigenvalue weighted by Gasteiger charge is 2.35. The van der Waals surface area contributed by atoms with Crippen molar-refractivity contribution in [1.29, 1.82) is 0 Å². The fourth-order valence-electron chi connectivity index (χ4n) is 3.95. The number of amides is 1. The molecular formula is C21H33NO3. The van der Waals surface area contributed by atoms with E-state index in [-0.39, 0.29) is 17.2 Å². The molecule has 1 fully saturated rings. The van der Waals surface area contributed by atoms with Crippen LogP contribution in [0.5, 0.6) is 11.5 Å². The van der Waals surface area contributed by atoms with E-state index in [0.717, 1.165) is 43.6 Å². The third-order valence-corrected chi connectivity index (χ3v) is 5.66. The number of nitrogens with one attached hydrogen (secondary N) is 1. The molecule has 0 radical (unpaired) electrons. The lowest BCUT2D eigenvalue weighted by Gasteiger charge is -2.41. The highest BCUT2D eigenvalue weighted by atomic mass is 16.5. The second kappa shape index (κ2) is 9.12. The summed E-state index contributed by atoms with van der Waals surface area (Å²) in [5.41, 5.74) is 0.833. The van der Waals surface area contributed by atoms with Gasteiger partial charge in [0.25, 0.3) is 0 Å². The Morgan fingerprint density at radius 3 is 2.64 bits per heavy atom. The maximum atomic E-state index is 12.7. The Morgan fingerprint density at radius 1 is 1.32 bits per heavy atom. The van der Waals surface area contributed by atoms with Crippen LogP contribution in [-0.4, -0.2) is 23.7 Å².